The average Bonchev–Trinajstić information content (AvgIpc) is 2.98. The van der Waals surface area contributed by atoms with Crippen LogP contribution in [0, 0.1) is 17.1 Å². The first kappa shape index (κ1) is 10.8. The van der Waals surface area contributed by atoms with Crippen LogP contribution in [-0.2, 0) is 13.0 Å². The molecular weight excluding hydrogens is 233 g/mol. The second kappa shape index (κ2) is 4.15. The average molecular weight is 243 g/mol. The number of halogens is 1. The topological polar surface area (TPSA) is 50.8 Å². The molecule has 0 spiro atoms. The van der Waals surface area contributed by atoms with Gasteiger partial charge in [-0.25, -0.2) is 4.39 Å². The molecule has 90 valence electrons. The molecule has 0 N–H and O–H groups in total. The third-order valence-corrected chi connectivity index (χ3v) is 2.98. The third kappa shape index (κ3) is 1.72. The molecule has 1 aliphatic rings. The van der Waals surface area contributed by atoms with E-state index in [1.807, 2.05) is 18.3 Å². The normalized spacial score (nSPS) is 17.0. The van der Waals surface area contributed by atoms with Crippen LogP contribution in [-0.4, -0.2) is 15.9 Å². The molecule has 1 aromatic carbocycles. The SMILES string of the molecule is N#Cc1c(F)ccc2c1OC(Cn1cccn1)C2. The van der Waals surface area contributed by atoms with Crippen molar-refractivity contribution >= 4 is 0 Å². The number of benzene rings is 1. The summed E-state index contributed by atoms with van der Waals surface area (Å²) in [6, 6.07) is 6.68. The summed E-state index contributed by atoms with van der Waals surface area (Å²) >= 11 is 0. The zero-order valence-electron chi connectivity index (χ0n) is 9.51. The van der Waals surface area contributed by atoms with Crippen molar-refractivity contribution in [2.45, 2.75) is 19.1 Å². The number of fused-ring (bicyclic) bond motifs is 1. The molecule has 0 saturated heterocycles. The smallest absolute Gasteiger partial charge is 0.144 e. The molecule has 4 nitrogen and oxygen atoms in total. The molecule has 0 radical (unpaired) electrons. The van der Waals surface area contributed by atoms with Gasteiger partial charge in [0.2, 0.25) is 0 Å². The summed E-state index contributed by atoms with van der Waals surface area (Å²) in [7, 11) is 0. The largest absolute Gasteiger partial charge is 0.486 e. The van der Waals surface area contributed by atoms with Crippen molar-refractivity contribution in [3.8, 4) is 11.8 Å². The highest BCUT2D eigenvalue weighted by Gasteiger charge is 2.27. The lowest BCUT2D eigenvalue weighted by Crippen LogP contribution is -2.21. The minimum Gasteiger partial charge on any atom is -0.486 e. The van der Waals surface area contributed by atoms with Crippen molar-refractivity contribution < 1.29 is 9.13 Å². The third-order valence-electron chi connectivity index (χ3n) is 2.98. The van der Waals surface area contributed by atoms with Gasteiger partial charge in [0, 0.05) is 18.8 Å². The summed E-state index contributed by atoms with van der Waals surface area (Å²) < 4.78 is 20.9. The van der Waals surface area contributed by atoms with Gasteiger partial charge in [0.1, 0.15) is 29.3 Å². The fraction of sp³-hybridized carbons (Fsp3) is 0.231. The zero-order valence-corrected chi connectivity index (χ0v) is 9.51. The molecule has 5 heteroatoms. The van der Waals surface area contributed by atoms with Gasteiger partial charge in [-0.1, -0.05) is 6.07 Å². The highest BCUT2D eigenvalue weighted by Crippen LogP contribution is 2.34. The summed E-state index contributed by atoms with van der Waals surface area (Å²) in [6.45, 7) is 0.591. The lowest BCUT2D eigenvalue weighted by Gasteiger charge is -2.10. The minimum atomic E-state index is -0.531. The Morgan fingerprint density at radius 3 is 3.17 bits per heavy atom. The van der Waals surface area contributed by atoms with Crippen LogP contribution in [0.3, 0.4) is 0 Å². The lowest BCUT2D eigenvalue weighted by atomic mass is 10.1. The Morgan fingerprint density at radius 2 is 2.44 bits per heavy atom. The number of nitriles is 1. The van der Waals surface area contributed by atoms with E-state index in [1.54, 1.807) is 16.9 Å². The molecule has 2 heterocycles. The maximum atomic E-state index is 13.4. The predicted molar refractivity (Wildman–Crippen MR) is 61.5 cm³/mol. The van der Waals surface area contributed by atoms with E-state index in [9.17, 15) is 4.39 Å². The van der Waals surface area contributed by atoms with Crippen molar-refractivity contribution in [1.82, 2.24) is 9.78 Å². The fourth-order valence-corrected chi connectivity index (χ4v) is 2.17. The molecule has 1 atom stereocenters. The molecule has 0 saturated carbocycles. The van der Waals surface area contributed by atoms with Gasteiger partial charge in [0.25, 0.3) is 0 Å². The molecule has 3 rings (SSSR count). The molecule has 1 aromatic heterocycles. The van der Waals surface area contributed by atoms with Gasteiger partial charge >= 0.3 is 0 Å². The zero-order chi connectivity index (χ0) is 12.5. The van der Waals surface area contributed by atoms with Crippen molar-refractivity contribution in [3.63, 3.8) is 0 Å². The second-order valence-corrected chi connectivity index (χ2v) is 4.19. The van der Waals surface area contributed by atoms with Crippen molar-refractivity contribution in [3.05, 3.63) is 47.5 Å². The Morgan fingerprint density at radius 1 is 1.56 bits per heavy atom. The van der Waals surface area contributed by atoms with Crippen LogP contribution in [0.1, 0.15) is 11.1 Å². The predicted octanol–water partition coefficient (Wildman–Crippen LogP) is 1.90. The molecule has 0 aliphatic carbocycles. The molecule has 1 unspecified atom stereocenters. The molecule has 0 fully saturated rings. The van der Waals surface area contributed by atoms with Crippen molar-refractivity contribution in [2.75, 3.05) is 0 Å². The van der Waals surface area contributed by atoms with Gasteiger partial charge in [0.05, 0.1) is 6.54 Å². The van der Waals surface area contributed by atoms with E-state index in [0.717, 1.165) is 5.56 Å². The van der Waals surface area contributed by atoms with Gasteiger partial charge in [-0.15, -0.1) is 0 Å². The van der Waals surface area contributed by atoms with E-state index in [4.69, 9.17) is 10.00 Å². The van der Waals surface area contributed by atoms with Crippen LogP contribution in [0.15, 0.2) is 30.6 Å². The minimum absolute atomic E-state index is 0.00420. The summed E-state index contributed by atoms with van der Waals surface area (Å²) in [6.07, 6.45) is 4.11. The van der Waals surface area contributed by atoms with Gasteiger partial charge in [-0.05, 0) is 17.7 Å². The van der Waals surface area contributed by atoms with Crippen LogP contribution >= 0.6 is 0 Å². The lowest BCUT2D eigenvalue weighted by molar-refractivity contribution is 0.202. The Hall–Kier alpha value is -2.35. The van der Waals surface area contributed by atoms with Crippen LogP contribution in [0.2, 0.25) is 0 Å². The first-order valence-corrected chi connectivity index (χ1v) is 5.63. The summed E-state index contributed by atoms with van der Waals surface area (Å²) in [5, 5.41) is 13.0. The Bertz CT molecular complexity index is 616. The van der Waals surface area contributed by atoms with Crippen molar-refractivity contribution in [2.24, 2.45) is 0 Å². The fourth-order valence-electron chi connectivity index (χ4n) is 2.17. The molecule has 2 aromatic rings. The maximum Gasteiger partial charge on any atom is 0.144 e. The molecule has 0 amide bonds. The Kier molecular flexibility index (Phi) is 2.49. The monoisotopic (exact) mass is 243 g/mol. The Balaban J connectivity index is 1.85. The highest BCUT2D eigenvalue weighted by molar-refractivity contribution is 5.51. The molecule has 18 heavy (non-hydrogen) atoms. The van der Waals surface area contributed by atoms with Gasteiger partial charge in [-0.2, -0.15) is 10.4 Å². The van der Waals surface area contributed by atoms with Crippen LogP contribution < -0.4 is 4.74 Å². The number of hydrogen-bond donors (Lipinski definition) is 0. The van der Waals surface area contributed by atoms with Gasteiger partial charge in [0.15, 0.2) is 0 Å². The summed E-state index contributed by atoms with van der Waals surface area (Å²) in [4.78, 5) is 0. The molecule has 0 bridgehead atoms. The molecular formula is C13H10FN3O. The van der Waals surface area contributed by atoms with Crippen LogP contribution in [0.4, 0.5) is 4.39 Å². The van der Waals surface area contributed by atoms with E-state index in [2.05, 4.69) is 5.10 Å². The van der Waals surface area contributed by atoms with Crippen LogP contribution in [0.25, 0.3) is 0 Å². The first-order chi connectivity index (χ1) is 8.78. The van der Waals surface area contributed by atoms with E-state index in [0.29, 0.717) is 18.7 Å². The first-order valence-electron chi connectivity index (χ1n) is 5.63. The summed E-state index contributed by atoms with van der Waals surface area (Å²) in [5.41, 5.74) is 0.876. The number of hydrogen-bond acceptors (Lipinski definition) is 3. The van der Waals surface area contributed by atoms with E-state index in [-0.39, 0.29) is 11.7 Å². The van der Waals surface area contributed by atoms with Gasteiger partial charge in [-0.3, -0.25) is 4.68 Å². The standard InChI is InChI=1S/C13H10FN3O/c14-12-3-2-9-6-10(8-17-5-1-4-16-17)18-13(9)11(12)7-15/h1-5,10H,6,8H2. The Labute approximate surface area is 103 Å². The van der Waals surface area contributed by atoms with E-state index < -0.39 is 5.82 Å². The highest BCUT2D eigenvalue weighted by atomic mass is 19.1. The quantitative estimate of drug-likeness (QED) is 0.809. The maximum absolute atomic E-state index is 13.4. The second-order valence-electron chi connectivity index (χ2n) is 4.19. The number of nitrogens with zero attached hydrogens (tertiary/aromatic N) is 3. The van der Waals surface area contributed by atoms with Gasteiger partial charge < -0.3 is 4.74 Å². The molecule has 1 aliphatic heterocycles. The number of ether oxygens (including phenoxy) is 1. The van der Waals surface area contributed by atoms with Crippen molar-refractivity contribution in [1.29, 1.82) is 5.26 Å². The summed E-state index contributed by atoms with van der Waals surface area (Å²) in [5.74, 6) is -0.148. The van der Waals surface area contributed by atoms with Crippen LogP contribution in [0.5, 0.6) is 5.75 Å². The number of rotatable bonds is 2. The van der Waals surface area contributed by atoms with E-state index >= 15 is 0 Å². The number of aromatic nitrogens is 2. The van der Waals surface area contributed by atoms with E-state index in [1.165, 1.54) is 6.07 Å².